The fraction of sp³-hybridized carbons (Fsp3) is 0. The molecule has 2 rings (SSSR count). The van der Waals surface area contributed by atoms with Crippen LogP contribution < -0.4 is 5.32 Å². The smallest absolute Gasteiger partial charge is 0.274 e. The number of hydrogen-bond acceptors (Lipinski definition) is 3. The van der Waals surface area contributed by atoms with Gasteiger partial charge in [0.15, 0.2) is 0 Å². The number of nitrogens with one attached hydrogen (secondary N) is 1. The molecule has 0 radical (unpaired) electrons. The number of nitrogens with zero attached hydrogens (tertiary/aromatic N) is 2. The molecule has 1 aromatic carbocycles. The zero-order chi connectivity index (χ0) is 15.9. The molecular weight excluding hydrogens is 298 g/mol. The van der Waals surface area contributed by atoms with Crippen LogP contribution in [-0.2, 0) is 0 Å². The van der Waals surface area contributed by atoms with E-state index in [1.165, 1.54) is 12.4 Å². The summed E-state index contributed by atoms with van der Waals surface area (Å²) in [6, 6.07) is 8.81. The average Bonchev–Trinajstić information content (AvgIpc) is 2.55. The zero-order valence-corrected chi connectivity index (χ0v) is 12.5. The van der Waals surface area contributed by atoms with E-state index in [9.17, 15) is 4.79 Å². The van der Waals surface area contributed by atoms with Gasteiger partial charge >= 0.3 is 0 Å². The van der Waals surface area contributed by atoms with Gasteiger partial charge in [-0.05, 0) is 30.4 Å². The third-order valence-electron chi connectivity index (χ3n) is 2.81. The Morgan fingerprint density at radius 3 is 2.55 bits per heavy atom. The van der Waals surface area contributed by atoms with E-state index < -0.39 is 0 Å². The molecule has 2 aromatic rings. The van der Waals surface area contributed by atoms with Crippen molar-refractivity contribution in [1.29, 1.82) is 0 Å². The lowest BCUT2D eigenvalue weighted by molar-refractivity contribution is 0.0962. The van der Waals surface area contributed by atoms with Gasteiger partial charge in [-0.1, -0.05) is 43.0 Å². The minimum Gasteiger partial charge on any atom is -0.321 e. The molecule has 0 saturated carbocycles. The molecule has 22 heavy (non-hydrogen) atoms. The Morgan fingerprint density at radius 1 is 1.18 bits per heavy atom. The van der Waals surface area contributed by atoms with E-state index in [1.54, 1.807) is 30.4 Å². The monoisotopic (exact) mass is 311 g/mol. The highest BCUT2D eigenvalue weighted by Crippen LogP contribution is 2.19. The number of amides is 1. The van der Waals surface area contributed by atoms with Crippen molar-refractivity contribution in [3.63, 3.8) is 0 Å². The third-order valence-corrected chi connectivity index (χ3v) is 3.07. The van der Waals surface area contributed by atoms with Crippen molar-refractivity contribution < 1.29 is 4.79 Å². The van der Waals surface area contributed by atoms with Gasteiger partial charge in [-0.25, -0.2) is 9.97 Å². The molecule has 1 amide bonds. The van der Waals surface area contributed by atoms with Crippen molar-refractivity contribution in [2.45, 2.75) is 0 Å². The van der Waals surface area contributed by atoms with Gasteiger partial charge in [0, 0.05) is 16.3 Å². The third kappa shape index (κ3) is 3.90. The molecule has 5 heteroatoms. The lowest BCUT2D eigenvalue weighted by Gasteiger charge is -2.06. The molecule has 1 N–H and O–H groups in total. The van der Waals surface area contributed by atoms with E-state index in [2.05, 4.69) is 28.4 Å². The molecule has 1 aromatic heterocycles. The van der Waals surface area contributed by atoms with E-state index in [1.807, 2.05) is 12.1 Å². The second kappa shape index (κ2) is 7.33. The van der Waals surface area contributed by atoms with E-state index in [-0.39, 0.29) is 11.6 Å². The Bertz CT molecular complexity index is 736. The van der Waals surface area contributed by atoms with Crippen LogP contribution in [0.1, 0.15) is 10.5 Å². The summed E-state index contributed by atoms with van der Waals surface area (Å²) >= 11 is 5.86. The number of rotatable bonds is 5. The second-order valence-electron chi connectivity index (χ2n) is 4.31. The summed E-state index contributed by atoms with van der Waals surface area (Å²) in [7, 11) is 0. The Balaban J connectivity index is 2.26. The maximum absolute atomic E-state index is 12.2. The molecular formula is C17H14ClN3O. The largest absolute Gasteiger partial charge is 0.321 e. The Labute approximate surface area is 133 Å². The Hall–Kier alpha value is -2.72. The quantitative estimate of drug-likeness (QED) is 0.855. The number of carbonyl (C=O) groups is 1. The highest BCUT2D eigenvalue weighted by atomic mass is 35.5. The molecule has 0 fully saturated rings. The van der Waals surface area contributed by atoms with Gasteiger partial charge in [0.2, 0.25) is 0 Å². The van der Waals surface area contributed by atoms with E-state index in [0.717, 1.165) is 5.56 Å². The Morgan fingerprint density at radius 2 is 1.91 bits per heavy atom. The zero-order valence-electron chi connectivity index (χ0n) is 11.8. The van der Waals surface area contributed by atoms with Gasteiger partial charge < -0.3 is 5.32 Å². The van der Waals surface area contributed by atoms with Crippen LogP contribution in [0.5, 0.6) is 0 Å². The van der Waals surface area contributed by atoms with Gasteiger partial charge in [0.05, 0.1) is 5.69 Å². The van der Waals surface area contributed by atoms with Crippen molar-refractivity contribution >= 4 is 17.5 Å². The highest BCUT2D eigenvalue weighted by molar-refractivity contribution is 6.30. The van der Waals surface area contributed by atoms with Crippen LogP contribution in [0.25, 0.3) is 11.3 Å². The fourth-order valence-electron chi connectivity index (χ4n) is 1.74. The van der Waals surface area contributed by atoms with Crippen molar-refractivity contribution in [2.24, 2.45) is 0 Å². The van der Waals surface area contributed by atoms with E-state index >= 15 is 0 Å². The van der Waals surface area contributed by atoms with E-state index in [4.69, 9.17) is 11.6 Å². The molecule has 4 nitrogen and oxygen atoms in total. The Kier molecular flexibility index (Phi) is 5.22. The number of hydrogen-bond donors (Lipinski definition) is 1. The number of aromatic nitrogens is 2. The molecule has 0 aliphatic heterocycles. The summed E-state index contributed by atoms with van der Waals surface area (Å²) in [6.45, 7) is 7.20. The molecule has 0 aliphatic rings. The first-order chi connectivity index (χ1) is 10.6. The topological polar surface area (TPSA) is 54.9 Å². The normalized spacial score (nSPS) is 10.9. The number of allylic oxidation sites excluding steroid dienone is 3. The first-order valence-electron chi connectivity index (χ1n) is 6.48. The number of benzene rings is 1. The first kappa shape index (κ1) is 15.7. The molecule has 0 unspecified atom stereocenters. The summed E-state index contributed by atoms with van der Waals surface area (Å²) in [5.74, 6) is -0.342. The van der Waals surface area contributed by atoms with Crippen LogP contribution in [-0.4, -0.2) is 15.9 Å². The summed E-state index contributed by atoms with van der Waals surface area (Å²) in [5.41, 5.74) is 2.31. The molecule has 0 spiro atoms. The lowest BCUT2D eigenvalue weighted by atomic mass is 10.1. The van der Waals surface area contributed by atoms with Crippen LogP contribution in [0.4, 0.5) is 0 Å². The van der Waals surface area contributed by atoms with Gasteiger partial charge in [-0.2, -0.15) is 0 Å². The van der Waals surface area contributed by atoms with Crippen molar-refractivity contribution in [2.75, 3.05) is 0 Å². The summed E-state index contributed by atoms with van der Waals surface area (Å²) in [5, 5.41) is 3.33. The van der Waals surface area contributed by atoms with Crippen LogP contribution in [0.2, 0.25) is 5.02 Å². The van der Waals surface area contributed by atoms with Crippen LogP contribution in [0.3, 0.4) is 0 Å². The SMILES string of the molecule is C=CC=C(C=C)NC(=O)c1cc(-c2ccc(Cl)cc2)ncn1. The maximum Gasteiger partial charge on any atom is 0.274 e. The minimum absolute atomic E-state index is 0.261. The first-order valence-corrected chi connectivity index (χ1v) is 6.86. The minimum atomic E-state index is -0.342. The second-order valence-corrected chi connectivity index (χ2v) is 4.75. The van der Waals surface area contributed by atoms with Gasteiger partial charge in [-0.15, -0.1) is 0 Å². The van der Waals surface area contributed by atoms with Gasteiger partial charge in [-0.3, -0.25) is 4.79 Å². The number of carbonyl (C=O) groups excluding carboxylic acids is 1. The molecule has 110 valence electrons. The standard InChI is InChI=1S/C17H14ClN3O/c1-3-5-14(4-2)21-17(22)16-10-15(19-11-20-16)12-6-8-13(18)9-7-12/h3-11H,1-2H2,(H,21,22). The van der Waals surface area contributed by atoms with Crippen LogP contribution >= 0.6 is 11.6 Å². The molecule has 0 atom stereocenters. The average molecular weight is 312 g/mol. The molecule has 0 aliphatic carbocycles. The highest BCUT2D eigenvalue weighted by Gasteiger charge is 2.10. The molecule has 1 heterocycles. The van der Waals surface area contributed by atoms with Crippen LogP contribution in [0, 0.1) is 0 Å². The van der Waals surface area contributed by atoms with Gasteiger partial charge in [0.25, 0.3) is 5.91 Å². The predicted octanol–water partition coefficient (Wildman–Crippen LogP) is 3.78. The molecule has 0 bridgehead atoms. The molecule has 0 saturated heterocycles. The fourth-order valence-corrected chi connectivity index (χ4v) is 1.87. The van der Waals surface area contributed by atoms with Crippen molar-refractivity contribution in [3.8, 4) is 11.3 Å². The van der Waals surface area contributed by atoms with E-state index in [0.29, 0.717) is 16.4 Å². The van der Waals surface area contributed by atoms with Crippen molar-refractivity contribution in [3.05, 3.63) is 84.5 Å². The summed E-state index contributed by atoms with van der Waals surface area (Å²) in [4.78, 5) is 20.3. The summed E-state index contributed by atoms with van der Waals surface area (Å²) < 4.78 is 0. The van der Waals surface area contributed by atoms with Crippen molar-refractivity contribution in [1.82, 2.24) is 15.3 Å². The van der Waals surface area contributed by atoms with Crippen LogP contribution in [0.15, 0.2) is 73.7 Å². The lowest BCUT2D eigenvalue weighted by Crippen LogP contribution is -2.23. The number of halogens is 1. The summed E-state index contributed by atoms with van der Waals surface area (Å²) in [6.07, 6.45) is 6.09. The van der Waals surface area contributed by atoms with Gasteiger partial charge in [0.1, 0.15) is 12.0 Å². The maximum atomic E-state index is 12.2. The predicted molar refractivity (Wildman–Crippen MR) is 88.4 cm³/mol.